The van der Waals surface area contributed by atoms with Crippen LogP contribution < -0.4 is 9.47 Å². The number of methoxy groups -OCH3 is 2. The van der Waals surface area contributed by atoms with Crippen LogP contribution in [0.15, 0.2) is 29.6 Å². The molecule has 134 valence electrons. The van der Waals surface area contributed by atoms with Gasteiger partial charge in [0.1, 0.15) is 0 Å². The maximum absolute atomic E-state index is 5.70. The van der Waals surface area contributed by atoms with E-state index in [4.69, 9.17) is 9.47 Å². The Morgan fingerprint density at radius 3 is 2.84 bits per heavy atom. The van der Waals surface area contributed by atoms with E-state index in [1.807, 2.05) is 11.3 Å². The summed E-state index contributed by atoms with van der Waals surface area (Å²) in [7, 11) is 3.49. The number of ether oxygens (including phenoxy) is 2. The second-order valence-corrected chi connectivity index (χ2v) is 8.12. The number of nitrogens with zero attached hydrogens (tertiary/aromatic N) is 1. The Morgan fingerprint density at radius 2 is 2.08 bits per heavy atom. The molecule has 3 nitrogen and oxygen atoms in total. The molecule has 1 fully saturated rings. The fraction of sp³-hybridized carbons (Fsp3) is 0.524. The van der Waals surface area contributed by atoms with Gasteiger partial charge in [-0.15, -0.1) is 11.3 Å². The Hall–Kier alpha value is -1.52. The van der Waals surface area contributed by atoms with Gasteiger partial charge in [0.15, 0.2) is 11.5 Å². The molecule has 2 aromatic rings. The molecule has 2 atom stereocenters. The molecular weight excluding hydrogens is 330 g/mol. The van der Waals surface area contributed by atoms with Crippen molar-refractivity contribution in [2.75, 3.05) is 27.3 Å². The van der Waals surface area contributed by atoms with Crippen LogP contribution in [0.5, 0.6) is 11.5 Å². The molecule has 0 saturated carbocycles. The smallest absolute Gasteiger partial charge is 0.164 e. The number of thiophene rings is 1. The van der Waals surface area contributed by atoms with Crippen molar-refractivity contribution < 1.29 is 9.47 Å². The highest BCUT2D eigenvalue weighted by molar-refractivity contribution is 7.09. The third kappa shape index (κ3) is 3.18. The highest BCUT2D eigenvalue weighted by atomic mass is 32.1. The van der Waals surface area contributed by atoms with Crippen molar-refractivity contribution in [1.82, 2.24) is 4.90 Å². The molecule has 0 radical (unpaired) electrons. The van der Waals surface area contributed by atoms with E-state index in [1.54, 1.807) is 14.2 Å². The van der Waals surface area contributed by atoms with Gasteiger partial charge in [-0.25, -0.2) is 0 Å². The maximum Gasteiger partial charge on any atom is 0.164 e. The van der Waals surface area contributed by atoms with E-state index in [0.29, 0.717) is 12.0 Å². The van der Waals surface area contributed by atoms with Crippen molar-refractivity contribution >= 4 is 11.3 Å². The van der Waals surface area contributed by atoms with Crippen LogP contribution in [0.3, 0.4) is 0 Å². The number of hydrogen-bond donors (Lipinski definition) is 0. The lowest BCUT2D eigenvalue weighted by atomic mass is 9.74. The van der Waals surface area contributed by atoms with Gasteiger partial charge in [-0.3, -0.25) is 4.90 Å². The maximum atomic E-state index is 5.70. The van der Waals surface area contributed by atoms with Crippen molar-refractivity contribution in [3.8, 4) is 11.5 Å². The zero-order valence-corrected chi connectivity index (χ0v) is 16.0. The Balaban J connectivity index is 1.56. The molecule has 0 bridgehead atoms. The highest BCUT2D eigenvalue weighted by Gasteiger charge is 2.37. The normalized spacial score (nSPS) is 23.0. The number of rotatable bonds is 5. The molecule has 0 spiro atoms. The summed E-state index contributed by atoms with van der Waals surface area (Å²) >= 11 is 1.88. The van der Waals surface area contributed by atoms with Gasteiger partial charge in [0.05, 0.1) is 14.2 Å². The van der Waals surface area contributed by atoms with Crippen LogP contribution in [0.2, 0.25) is 0 Å². The quantitative estimate of drug-likeness (QED) is 0.786. The van der Waals surface area contributed by atoms with E-state index in [-0.39, 0.29) is 0 Å². The monoisotopic (exact) mass is 357 g/mol. The first-order chi connectivity index (χ1) is 12.3. The summed E-state index contributed by atoms with van der Waals surface area (Å²) in [5, 5.41) is 2.19. The molecule has 25 heavy (non-hydrogen) atoms. The fourth-order valence-electron chi connectivity index (χ4n) is 4.76. The zero-order chi connectivity index (χ0) is 17.2. The van der Waals surface area contributed by atoms with Gasteiger partial charge < -0.3 is 9.47 Å². The van der Waals surface area contributed by atoms with Gasteiger partial charge in [-0.1, -0.05) is 12.1 Å². The Kier molecular flexibility index (Phi) is 5.00. The van der Waals surface area contributed by atoms with E-state index in [9.17, 15) is 0 Å². The number of benzene rings is 1. The van der Waals surface area contributed by atoms with Gasteiger partial charge in [-0.05, 0) is 67.6 Å². The molecule has 0 amide bonds. The minimum absolute atomic E-state index is 0.639. The van der Waals surface area contributed by atoms with Crippen molar-refractivity contribution in [1.29, 1.82) is 0 Å². The highest BCUT2D eigenvalue weighted by Crippen LogP contribution is 2.46. The standard InChI is InChI=1S/C21H27NO2S/c1-23-20-10-8-16-17-6-3-12-22(13-11-15-5-4-14-25-15)19(17)9-7-18(16)21(20)24-2/h4-5,8,10,14,17,19H,3,6-7,9,11-13H2,1-2H3. The number of fused-ring (bicyclic) bond motifs is 3. The average molecular weight is 358 g/mol. The molecule has 4 heteroatoms. The molecular formula is C21H27NO2S. The molecule has 2 aliphatic rings. The van der Waals surface area contributed by atoms with Gasteiger partial charge in [-0.2, -0.15) is 0 Å². The molecule has 1 aromatic heterocycles. The minimum atomic E-state index is 0.639. The molecule has 0 N–H and O–H groups in total. The zero-order valence-electron chi connectivity index (χ0n) is 15.2. The first kappa shape index (κ1) is 16.9. The average Bonchev–Trinajstić information content (AvgIpc) is 3.18. The van der Waals surface area contributed by atoms with E-state index >= 15 is 0 Å². The van der Waals surface area contributed by atoms with Gasteiger partial charge in [0, 0.05) is 23.0 Å². The SMILES string of the molecule is COc1ccc2c(c1OC)CCC1C2CCCN1CCc1cccs1. The Bertz CT molecular complexity index is 713. The molecule has 1 aliphatic carbocycles. The van der Waals surface area contributed by atoms with Gasteiger partial charge >= 0.3 is 0 Å². The topological polar surface area (TPSA) is 21.7 Å². The lowest BCUT2D eigenvalue weighted by Crippen LogP contribution is -2.47. The number of hydrogen-bond acceptors (Lipinski definition) is 4. The summed E-state index contributed by atoms with van der Waals surface area (Å²) in [4.78, 5) is 4.25. The van der Waals surface area contributed by atoms with Crippen molar-refractivity contribution in [3.63, 3.8) is 0 Å². The van der Waals surface area contributed by atoms with Crippen LogP contribution in [-0.2, 0) is 12.8 Å². The third-order valence-electron chi connectivity index (χ3n) is 5.89. The summed E-state index contributed by atoms with van der Waals surface area (Å²) in [6.45, 7) is 2.43. The molecule has 1 saturated heterocycles. The minimum Gasteiger partial charge on any atom is -0.493 e. The van der Waals surface area contributed by atoms with Crippen molar-refractivity contribution in [2.45, 2.75) is 44.1 Å². The van der Waals surface area contributed by atoms with Crippen LogP contribution in [0.4, 0.5) is 0 Å². The second kappa shape index (κ2) is 7.38. The first-order valence-electron chi connectivity index (χ1n) is 9.32. The summed E-state index contributed by atoms with van der Waals surface area (Å²) in [5.41, 5.74) is 2.87. The van der Waals surface area contributed by atoms with E-state index in [2.05, 4.69) is 34.5 Å². The second-order valence-electron chi connectivity index (χ2n) is 7.09. The summed E-state index contributed by atoms with van der Waals surface area (Å²) < 4.78 is 11.2. The Labute approximate surface area is 154 Å². The van der Waals surface area contributed by atoms with E-state index < -0.39 is 0 Å². The summed E-state index contributed by atoms with van der Waals surface area (Å²) in [5.74, 6) is 2.46. The van der Waals surface area contributed by atoms with Crippen molar-refractivity contribution in [2.24, 2.45) is 0 Å². The Morgan fingerprint density at radius 1 is 1.16 bits per heavy atom. The van der Waals surface area contributed by atoms with Crippen LogP contribution in [0.1, 0.15) is 41.2 Å². The van der Waals surface area contributed by atoms with Crippen LogP contribution >= 0.6 is 11.3 Å². The van der Waals surface area contributed by atoms with Crippen LogP contribution in [0, 0.1) is 0 Å². The molecule has 1 aliphatic heterocycles. The third-order valence-corrected chi connectivity index (χ3v) is 6.83. The first-order valence-corrected chi connectivity index (χ1v) is 10.2. The number of piperidine rings is 1. The van der Waals surface area contributed by atoms with Crippen molar-refractivity contribution in [3.05, 3.63) is 45.6 Å². The fourth-order valence-corrected chi connectivity index (χ4v) is 5.46. The largest absolute Gasteiger partial charge is 0.493 e. The lowest BCUT2D eigenvalue weighted by Gasteiger charge is -2.45. The van der Waals surface area contributed by atoms with Crippen LogP contribution in [-0.4, -0.2) is 38.3 Å². The van der Waals surface area contributed by atoms with Gasteiger partial charge in [0.25, 0.3) is 0 Å². The number of likely N-dealkylation sites (tertiary alicyclic amines) is 1. The van der Waals surface area contributed by atoms with E-state index in [1.165, 1.54) is 54.8 Å². The van der Waals surface area contributed by atoms with E-state index in [0.717, 1.165) is 17.9 Å². The molecule has 4 rings (SSSR count). The van der Waals surface area contributed by atoms with Gasteiger partial charge in [0.2, 0.25) is 0 Å². The molecule has 2 heterocycles. The molecule has 2 unspecified atom stereocenters. The van der Waals surface area contributed by atoms with Crippen LogP contribution in [0.25, 0.3) is 0 Å². The predicted octanol–water partition coefficient (Wildman–Crippen LogP) is 4.50. The summed E-state index contributed by atoms with van der Waals surface area (Å²) in [6, 6.07) is 9.48. The summed E-state index contributed by atoms with van der Waals surface area (Å²) in [6.07, 6.45) is 6.08. The predicted molar refractivity (Wildman–Crippen MR) is 103 cm³/mol. The lowest BCUT2D eigenvalue weighted by molar-refractivity contribution is 0.113. The molecule has 1 aromatic carbocycles.